The summed E-state index contributed by atoms with van der Waals surface area (Å²) in [7, 11) is 1.98. The van der Waals surface area contributed by atoms with Crippen LogP contribution in [0.1, 0.15) is 10.5 Å². The summed E-state index contributed by atoms with van der Waals surface area (Å²) in [5.41, 5.74) is 0.327. The van der Waals surface area contributed by atoms with Crippen molar-refractivity contribution in [3.05, 3.63) is 24.3 Å². The molecular formula is C11H16N6O. The average molecular weight is 248 g/mol. The van der Waals surface area contributed by atoms with Gasteiger partial charge in [0.25, 0.3) is 5.91 Å². The highest BCUT2D eigenvalue weighted by Crippen LogP contribution is 1.94. The lowest BCUT2D eigenvalue weighted by atomic mass is 10.4. The standard InChI is InChI=1S/C11H16N6O/c1-17-7-6-16-11(17)15-5-4-14-10(18)9-8-12-2-3-13-9/h2-3,8H,4-7H2,1H3,(H,14,18)(H,15,16). The first kappa shape index (κ1) is 12.3. The number of hydrogen-bond acceptors (Lipinski definition) is 6. The highest BCUT2D eigenvalue weighted by atomic mass is 16.1. The van der Waals surface area contributed by atoms with Crippen LogP contribution in [-0.2, 0) is 0 Å². The van der Waals surface area contributed by atoms with Gasteiger partial charge in [-0.2, -0.15) is 0 Å². The van der Waals surface area contributed by atoms with Gasteiger partial charge in [-0.25, -0.2) is 4.98 Å². The Morgan fingerprint density at radius 3 is 3.00 bits per heavy atom. The molecule has 0 bridgehead atoms. The molecule has 96 valence electrons. The molecule has 18 heavy (non-hydrogen) atoms. The zero-order chi connectivity index (χ0) is 12.8. The zero-order valence-corrected chi connectivity index (χ0v) is 10.3. The Labute approximate surface area is 105 Å². The maximum atomic E-state index is 11.6. The van der Waals surface area contributed by atoms with Gasteiger partial charge in [0.05, 0.1) is 12.7 Å². The largest absolute Gasteiger partial charge is 0.354 e. The third-order valence-corrected chi connectivity index (χ3v) is 2.55. The summed E-state index contributed by atoms with van der Waals surface area (Å²) < 4.78 is 0. The van der Waals surface area contributed by atoms with Crippen molar-refractivity contribution >= 4 is 11.9 Å². The third-order valence-electron chi connectivity index (χ3n) is 2.55. The number of guanidine groups is 1. The van der Waals surface area contributed by atoms with E-state index in [2.05, 4.69) is 25.6 Å². The van der Waals surface area contributed by atoms with Gasteiger partial charge < -0.3 is 15.5 Å². The Balaban J connectivity index is 1.68. The Morgan fingerprint density at radius 2 is 2.33 bits per heavy atom. The van der Waals surface area contributed by atoms with Gasteiger partial charge in [-0.15, -0.1) is 0 Å². The van der Waals surface area contributed by atoms with Crippen LogP contribution in [0, 0.1) is 0 Å². The number of carbonyl (C=O) groups is 1. The summed E-state index contributed by atoms with van der Waals surface area (Å²) in [6, 6.07) is 0. The van der Waals surface area contributed by atoms with Gasteiger partial charge in [-0.3, -0.25) is 14.8 Å². The van der Waals surface area contributed by atoms with Crippen molar-refractivity contribution in [1.29, 1.82) is 0 Å². The molecular weight excluding hydrogens is 232 g/mol. The average Bonchev–Trinajstić information content (AvgIpc) is 2.81. The third kappa shape index (κ3) is 3.16. The van der Waals surface area contributed by atoms with E-state index in [0.29, 0.717) is 18.8 Å². The van der Waals surface area contributed by atoms with Crippen molar-refractivity contribution in [3.63, 3.8) is 0 Å². The van der Waals surface area contributed by atoms with E-state index in [0.717, 1.165) is 19.0 Å². The first-order valence-corrected chi connectivity index (χ1v) is 5.81. The molecule has 2 rings (SSSR count). The van der Waals surface area contributed by atoms with Gasteiger partial charge in [0.1, 0.15) is 5.69 Å². The molecule has 7 heteroatoms. The fraction of sp³-hybridized carbons (Fsp3) is 0.455. The maximum Gasteiger partial charge on any atom is 0.271 e. The number of nitrogens with one attached hydrogen (secondary N) is 2. The monoisotopic (exact) mass is 248 g/mol. The second kappa shape index (κ2) is 5.95. The molecule has 0 unspecified atom stereocenters. The summed E-state index contributed by atoms with van der Waals surface area (Å²) in [6.45, 7) is 2.91. The Hall–Kier alpha value is -2.18. The second-order valence-electron chi connectivity index (χ2n) is 3.90. The lowest BCUT2D eigenvalue weighted by Gasteiger charge is -2.15. The van der Waals surface area contributed by atoms with E-state index in [9.17, 15) is 4.79 Å². The van der Waals surface area contributed by atoms with Crippen LogP contribution in [0.3, 0.4) is 0 Å². The van der Waals surface area contributed by atoms with E-state index in [1.165, 1.54) is 18.6 Å². The Bertz CT molecular complexity index is 432. The molecule has 7 nitrogen and oxygen atoms in total. The molecule has 2 heterocycles. The van der Waals surface area contributed by atoms with E-state index >= 15 is 0 Å². The minimum absolute atomic E-state index is 0.216. The van der Waals surface area contributed by atoms with Crippen LogP contribution in [0.5, 0.6) is 0 Å². The molecule has 0 spiro atoms. The Morgan fingerprint density at radius 1 is 1.44 bits per heavy atom. The minimum atomic E-state index is -0.216. The van der Waals surface area contributed by atoms with Crippen molar-refractivity contribution < 1.29 is 4.79 Å². The van der Waals surface area contributed by atoms with Gasteiger partial charge in [0.15, 0.2) is 5.96 Å². The SMILES string of the molecule is CN1CCN=C1NCCNC(=O)c1cnccn1. The molecule has 1 aliphatic heterocycles. The smallest absolute Gasteiger partial charge is 0.271 e. The normalized spacial score (nSPS) is 14.3. The quantitative estimate of drug-likeness (QED) is 0.675. The van der Waals surface area contributed by atoms with Crippen molar-refractivity contribution in [2.24, 2.45) is 4.99 Å². The number of hydrogen-bond donors (Lipinski definition) is 2. The van der Waals surface area contributed by atoms with E-state index in [1.807, 2.05) is 11.9 Å². The number of aromatic nitrogens is 2. The van der Waals surface area contributed by atoms with E-state index in [1.54, 1.807) is 0 Å². The summed E-state index contributed by atoms with van der Waals surface area (Å²) in [5, 5.41) is 5.92. The van der Waals surface area contributed by atoms with E-state index in [4.69, 9.17) is 0 Å². The summed E-state index contributed by atoms with van der Waals surface area (Å²) in [5.74, 6) is 0.662. The first-order chi connectivity index (χ1) is 8.77. The van der Waals surface area contributed by atoms with Crippen LogP contribution in [-0.4, -0.2) is 60.0 Å². The highest BCUT2D eigenvalue weighted by molar-refractivity contribution is 5.91. The minimum Gasteiger partial charge on any atom is -0.354 e. The van der Waals surface area contributed by atoms with Crippen molar-refractivity contribution in [1.82, 2.24) is 25.5 Å². The van der Waals surface area contributed by atoms with Gasteiger partial charge in [0, 0.05) is 39.1 Å². The molecule has 2 N–H and O–H groups in total. The lowest BCUT2D eigenvalue weighted by molar-refractivity contribution is 0.0949. The molecule has 0 saturated carbocycles. The molecule has 0 saturated heterocycles. The van der Waals surface area contributed by atoms with Crippen molar-refractivity contribution in [3.8, 4) is 0 Å². The van der Waals surface area contributed by atoms with Gasteiger partial charge >= 0.3 is 0 Å². The number of aliphatic imine (C=N–C) groups is 1. The predicted octanol–water partition coefficient (Wildman–Crippen LogP) is -0.903. The van der Waals surface area contributed by atoms with Crippen LogP contribution in [0.2, 0.25) is 0 Å². The fourth-order valence-electron chi connectivity index (χ4n) is 1.58. The predicted molar refractivity (Wildman–Crippen MR) is 67.3 cm³/mol. The molecule has 0 radical (unpaired) electrons. The fourth-order valence-corrected chi connectivity index (χ4v) is 1.58. The summed E-state index contributed by atoms with van der Waals surface area (Å²) in [6.07, 6.45) is 4.47. The van der Waals surface area contributed by atoms with Gasteiger partial charge in [-0.05, 0) is 0 Å². The van der Waals surface area contributed by atoms with Crippen LogP contribution in [0.25, 0.3) is 0 Å². The molecule has 0 aliphatic carbocycles. The molecule has 1 aromatic heterocycles. The maximum absolute atomic E-state index is 11.6. The second-order valence-corrected chi connectivity index (χ2v) is 3.90. The van der Waals surface area contributed by atoms with E-state index in [-0.39, 0.29) is 5.91 Å². The van der Waals surface area contributed by atoms with Crippen LogP contribution in [0.4, 0.5) is 0 Å². The van der Waals surface area contributed by atoms with Crippen molar-refractivity contribution in [2.75, 3.05) is 33.2 Å². The highest BCUT2D eigenvalue weighted by Gasteiger charge is 2.11. The summed E-state index contributed by atoms with van der Waals surface area (Å²) in [4.78, 5) is 25.7. The lowest BCUT2D eigenvalue weighted by Crippen LogP contribution is -2.40. The molecule has 1 aliphatic rings. The molecule has 0 atom stereocenters. The van der Waals surface area contributed by atoms with Crippen LogP contribution >= 0.6 is 0 Å². The van der Waals surface area contributed by atoms with Crippen LogP contribution in [0.15, 0.2) is 23.6 Å². The number of nitrogens with zero attached hydrogens (tertiary/aromatic N) is 4. The summed E-state index contributed by atoms with van der Waals surface area (Å²) >= 11 is 0. The number of likely N-dealkylation sites (N-methyl/N-ethyl adjacent to an activating group) is 1. The number of carbonyl (C=O) groups excluding carboxylic acids is 1. The van der Waals surface area contributed by atoms with Crippen LogP contribution < -0.4 is 10.6 Å². The topological polar surface area (TPSA) is 82.5 Å². The molecule has 0 aromatic carbocycles. The van der Waals surface area contributed by atoms with E-state index < -0.39 is 0 Å². The Kier molecular flexibility index (Phi) is 4.06. The zero-order valence-electron chi connectivity index (χ0n) is 10.3. The number of amides is 1. The van der Waals surface area contributed by atoms with Gasteiger partial charge in [0.2, 0.25) is 0 Å². The molecule has 1 aromatic rings. The first-order valence-electron chi connectivity index (χ1n) is 5.81. The van der Waals surface area contributed by atoms with Crippen molar-refractivity contribution in [2.45, 2.75) is 0 Å². The van der Waals surface area contributed by atoms with Gasteiger partial charge in [-0.1, -0.05) is 0 Å². The number of rotatable bonds is 4. The molecule has 0 fully saturated rings. The molecule has 1 amide bonds.